The monoisotopic (exact) mass is 650 g/mol. The van der Waals surface area contributed by atoms with Crippen molar-refractivity contribution in [3.63, 3.8) is 0 Å². The second-order valence-corrected chi connectivity index (χ2v) is 12.8. The Morgan fingerprint density at radius 3 is 2.56 bits per heavy atom. The molecule has 0 spiro atoms. The van der Waals surface area contributed by atoms with Gasteiger partial charge in [0.1, 0.15) is 11.8 Å². The number of aromatic hydroxyl groups is 1. The molecule has 48 heavy (non-hydrogen) atoms. The molecule has 11 nitrogen and oxygen atoms in total. The quantitative estimate of drug-likeness (QED) is 0.226. The number of benzene rings is 3. The van der Waals surface area contributed by atoms with E-state index in [0.29, 0.717) is 41.4 Å². The van der Waals surface area contributed by atoms with Crippen molar-refractivity contribution in [1.29, 1.82) is 5.26 Å². The van der Waals surface area contributed by atoms with Crippen LogP contribution in [0.1, 0.15) is 58.0 Å². The molecule has 11 heteroatoms. The smallest absolute Gasteiger partial charge is 0.308 e. The van der Waals surface area contributed by atoms with Gasteiger partial charge in [-0.15, -0.1) is 0 Å². The van der Waals surface area contributed by atoms with Gasteiger partial charge in [-0.2, -0.15) is 5.26 Å². The normalized spacial score (nSPS) is 23.9. The molecule has 1 unspecified atom stereocenters. The Hall–Kier alpha value is -5.05. The van der Waals surface area contributed by atoms with Crippen molar-refractivity contribution in [1.82, 2.24) is 15.1 Å². The third-order valence-electron chi connectivity index (χ3n) is 10.2. The molecule has 1 amide bonds. The lowest BCUT2D eigenvalue weighted by atomic mass is 9.71. The minimum absolute atomic E-state index is 0.00941. The number of hydrogen-bond acceptors (Lipinski definition) is 10. The number of nitrogens with one attached hydrogen (secondary N) is 1. The molecule has 4 heterocycles. The highest BCUT2D eigenvalue weighted by molar-refractivity contribution is 5.91. The average Bonchev–Trinajstić information content (AvgIpc) is 3.56. The minimum atomic E-state index is -0.583. The molecule has 4 aliphatic heterocycles. The fraction of sp³-hybridized carbons (Fsp3) is 0.378. The summed E-state index contributed by atoms with van der Waals surface area (Å²) in [4.78, 5) is 30.1. The molecule has 7 rings (SSSR count). The number of nitrogens with zero attached hydrogens (tertiary/aromatic N) is 3. The Balaban J connectivity index is 1.39. The zero-order valence-electron chi connectivity index (χ0n) is 27.6. The molecular formula is C37H38N4O7. The van der Waals surface area contributed by atoms with Gasteiger partial charge in [0.05, 0.1) is 25.3 Å². The maximum atomic E-state index is 13.3. The third-order valence-corrected chi connectivity index (χ3v) is 10.2. The molecule has 0 aromatic heterocycles. The Bertz CT molecular complexity index is 1890. The summed E-state index contributed by atoms with van der Waals surface area (Å²) in [6.07, 6.45) is 4.15. The van der Waals surface area contributed by atoms with Crippen molar-refractivity contribution in [2.75, 3.05) is 27.5 Å². The van der Waals surface area contributed by atoms with Gasteiger partial charge in [0.15, 0.2) is 23.0 Å². The number of fused-ring (bicyclic) bond motifs is 9. The number of ether oxygens (including phenoxy) is 4. The molecule has 2 bridgehead atoms. The average molecular weight is 651 g/mol. The molecule has 2 N–H and O–H groups in total. The number of phenols is 1. The zero-order valence-corrected chi connectivity index (χ0v) is 27.6. The van der Waals surface area contributed by atoms with Gasteiger partial charge >= 0.3 is 5.97 Å². The second kappa shape index (κ2) is 12.2. The van der Waals surface area contributed by atoms with Gasteiger partial charge in [-0.05, 0) is 56.5 Å². The van der Waals surface area contributed by atoms with E-state index in [4.69, 9.17) is 18.9 Å². The number of likely N-dealkylation sites (N-methyl/N-ethyl adjacent to an activating group) is 1. The van der Waals surface area contributed by atoms with Crippen LogP contribution in [0.4, 0.5) is 0 Å². The summed E-state index contributed by atoms with van der Waals surface area (Å²) in [5, 5.41) is 25.6. The number of rotatable bonds is 6. The number of hydrogen-bond donors (Lipinski definition) is 2. The van der Waals surface area contributed by atoms with Crippen molar-refractivity contribution < 1.29 is 33.6 Å². The van der Waals surface area contributed by atoms with Crippen molar-refractivity contribution in [2.24, 2.45) is 0 Å². The summed E-state index contributed by atoms with van der Waals surface area (Å²) in [5.74, 6) is 1.12. The lowest BCUT2D eigenvalue weighted by Gasteiger charge is -2.60. The first-order valence-electron chi connectivity index (χ1n) is 16.1. The van der Waals surface area contributed by atoms with Crippen LogP contribution in [-0.4, -0.2) is 72.4 Å². The summed E-state index contributed by atoms with van der Waals surface area (Å²) >= 11 is 0. The van der Waals surface area contributed by atoms with Gasteiger partial charge in [-0.25, -0.2) is 0 Å². The molecular weight excluding hydrogens is 612 g/mol. The highest BCUT2D eigenvalue weighted by Gasteiger charge is 2.56. The van der Waals surface area contributed by atoms with Crippen LogP contribution in [0, 0.1) is 25.2 Å². The van der Waals surface area contributed by atoms with Crippen LogP contribution in [0.2, 0.25) is 0 Å². The van der Waals surface area contributed by atoms with Gasteiger partial charge in [-0.3, -0.25) is 19.4 Å². The topological polar surface area (TPSA) is 134 Å². The van der Waals surface area contributed by atoms with E-state index in [1.807, 2.05) is 57.3 Å². The number of methoxy groups -OCH3 is 1. The van der Waals surface area contributed by atoms with Gasteiger partial charge in [0, 0.05) is 53.9 Å². The lowest BCUT2D eigenvalue weighted by Crippen LogP contribution is -2.68. The first-order valence-corrected chi connectivity index (χ1v) is 16.1. The highest BCUT2D eigenvalue weighted by Crippen LogP contribution is 2.58. The SMILES string of the molecule is COc1c(C)cc2c(c1O)[C@@H]1C3Cc4c(OC(C)=O)c(C)c5c(c4[C@H](CNC(=O)/C=C/c4ccccc4)N3[C@@H](C#N)[C@H](C2)N1C)OCO5. The molecule has 0 saturated carbocycles. The summed E-state index contributed by atoms with van der Waals surface area (Å²) < 4.78 is 23.5. The number of carbonyl (C=O) groups is 2. The number of aryl methyl sites for hydroxylation is 1. The van der Waals surface area contributed by atoms with Crippen LogP contribution < -0.4 is 24.3 Å². The predicted octanol–water partition coefficient (Wildman–Crippen LogP) is 4.27. The summed E-state index contributed by atoms with van der Waals surface area (Å²) in [7, 11) is 3.53. The van der Waals surface area contributed by atoms with Crippen LogP contribution >= 0.6 is 0 Å². The van der Waals surface area contributed by atoms with Crippen molar-refractivity contribution in [3.8, 4) is 34.8 Å². The number of esters is 1. The third kappa shape index (κ3) is 4.95. The minimum Gasteiger partial charge on any atom is -0.504 e. The van der Waals surface area contributed by atoms with E-state index in [2.05, 4.69) is 21.2 Å². The van der Waals surface area contributed by atoms with E-state index in [-0.39, 0.29) is 43.1 Å². The molecule has 0 aliphatic carbocycles. The van der Waals surface area contributed by atoms with Crippen molar-refractivity contribution >= 4 is 18.0 Å². The van der Waals surface area contributed by atoms with E-state index >= 15 is 0 Å². The number of phenolic OH excluding ortho intramolecular Hbond substituents is 1. The van der Waals surface area contributed by atoms with E-state index in [9.17, 15) is 20.0 Å². The standard InChI is InChI=1S/C37H38N4O7/c1-19-13-23-14-25-27(16-38)41-26(32(40(25)4)30(23)33(44)34(19)45-5)15-24-31(37-36(46-18-47-37)20(2)35(24)48-21(3)42)28(41)17-39-29(43)12-11-22-9-7-6-8-10-22/h6-13,25-28,32,44H,14-15,17-18H2,1-5H3,(H,39,43)/b12-11+/t25-,26?,27-,28-,32-/m0/s1. The Labute approximate surface area is 279 Å². The van der Waals surface area contributed by atoms with E-state index in [1.165, 1.54) is 13.0 Å². The van der Waals surface area contributed by atoms with Crippen LogP contribution in [-0.2, 0) is 22.4 Å². The van der Waals surface area contributed by atoms with Crippen LogP contribution in [0.25, 0.3) is 6.08 Å². The molecule has 0 radical (unpaired) electrons. The van der Waals surface area contributed by atoms with Crippen molar-refractivity contribution in [3.05, 3.63) is 81.4 Å². The fourth-order valence-corrected chi connectivity index (χ4v) is 8.30. The fourth-order valence-electron chi connectivity index (χ4n) is 8.30. The first kappa shape index (κ1) is 31.5. The molecule has 1 fully saturated rings. The van der Waals surface area contributed by atoms with E-state index in [1.54, 1.807) is 13.2 Å². The van der Waals surface area contributed by atoms with E-state index < -0.39 is 18.1 Å². The van der Waals surface area contributed by atoms with Crippen molar-refractivity contribution in [2.45, 2.75) is 63.8 Å². The van der Waals surface area contributed by atoms with Gasteiger partial charge < -0.3 is 29.4 Å². The molecule has 4 aliphatic rings. The number of piperazine rings is 1. The van der Waals surface area contributed by atoms with Crippen LogP contribution in [0.5, 0.6) is 28.7 Å². The summed E-state index contributed by atoms with van der Waals surface area (Å²) in [6.45, 7) is 5.22. The number of amides is 1. The largest absolute Gasteiger partial charge is 0.504 e. The molecule has 248 valence electrons. The molecule has 3 aromatic rings. The number of carbonyl (C=O) groups excluding carboxylic acids is 2. The van der Waals surface area contributed by atoms with Crippen LogP contribution in [0.3, 0.4) is 0 Å². The van der Waals surface area contributed by atoms with Crippen LogP contribution in [0.15, 0.2) is 42.5 Å². The van der Waals surface area contributed by atoms with Gasteiger partial charge in [0.2, 0.25) is 12.7 Å². The maximum absolute atomic E-state index is 13.3. The lowest BCUT2D eigenvalue weighted by molar-refractivity contribution is -0.132. The molecule has 1 saturated heterocycles. The predicted molar refractivity (Wildman–Crippen MR) is 176 cm³/mol. The van der Waals surface area contributed by atoms with E-state index in [0.717, 1.165) is 33.4 Å². The zero-order chi connectivity index (χ0) is 33.9. The molecule has 3 aromatic carbocycles. The highest BCUT2D eigenvalue weighted by atomic mass is 16.7. The van der Waals surface area contributed by atoms with Gasteiger partial charge in [-0.1, -0.05) is 36.4 Å². The second-order valence-electron chi connectivity index (χ2n) is 12.8. The Morgan fingerprint density at radius 2 is 1.85 bits per heavy atom. The van der Waals surface area contributed by atoms with Gasteiger partial charge in [0.25, 0.3) is 0 Å². The number of nitriles is 1. The molecule has 5 atom stereocenters. The first-order chi connectivity index (χ1) is 23.1. The summed E-state index contributed by atoms with van der Waals surface area (Å²) in [5.41, 5.74) is 5.56. The Morgan fingerprint density at radius 1 is 1.10 bits per heavy atom. The Kier molecular flexibility index (Phi) is 8.01. The summed E-state index contributed by atoms with van der Waals surface area (Å²) in [6, 6.07) is 12.1. The maximum Gasteiger partial charge on any atom is 0.308 e.